The molecule has 0 saturated carbocycles. The second-order valence-corrected chi connectivity index (χ2v) is 7.17. The monoisotopic (exact) mass is 311 g/mol. The number of anilines is 1. The Morgan fingerprint density at radius 2 is 2.14 bits per heavy atom. The van der Waals surface area contributed by atoms with Crippen LogP contribution in [-0.2, 0) is 10.0 Å². The molecule has 0 aliphatic carbocycles. The molecule has 3 N–H and O–H groups in total. The first-order valence-corrected chi connectivity index (χ1v) is 8.84. The van der Waals surface area contributed by atoms with Crippen molar-refractivity contribution in [1.29, 1.82) is 0 Å². The van der Waals surface area contributed by atoms with Gasteiger partial charge in [0, 0.05) is 18.2 Å². The van der Waals surface area contributed by atoms with Gasteiger partial charge in [0.25, 0.3) is 5.91 Å². The predicted octanol–water partition coefficient (Wildman–Crippen LogP) is 0.848. The van der Waals surface area contributed by atoms with Gasteiger partial charge in [-0.1, -0.05) is 6.07 Å². The number of hydrogen-bond donors (Lipinski definition) is 3. The number of aryl methyl sites for hydroxylation is 1. The van der Waals surface area contributed by atoms with Crippen LogP contribution in [0.2, 0.25) is 0 Å². The summed E-state index contributed by atoms with van der Waals surface area (Å²) in [4.78, 5) is 12.2. The molecule has 1 atom stereocenters. The Morgan fingerprint density at radius 1 is 1.38 bits per heavy atom. The van der Waals surface area contributed by atoms with Crippen molar-refractivity contribution in [3.8, 4) is 0 Å². The molecule has 1 saturated heterocycles. The number of benzene rings is 1. The van der Waals surface area contributed by atoms with Crippen LogP contribution in [0.1, 0.15) is 28.8 Å². The van der Waals surface area contributed by atoms with Gasteiger partial charge in [-0.05, 0) is 44.0 Å². The molecule has 0 aromatic heterocycles. The molecule has 1 amide bonds. The minimum atomic E-state index is -3.36. The number of carbonyl (C=O) groups excluding carboxylic acids is 1. The van der Waals surface area contributed by atoms with Crippen molar-refractivity contribution in [2.75, 3.05) is 24.1 Å². The van der Waals surface area contributed by atoms with E-state index in [1.165, 1.54) is 0 Å². The molecule has 0 bridgehead atoms. The summed E-state index contributed by atoms with van der Waals surface area (Å²) >= 11 is 0. The lowest BCUT2D eigenvalue weighted by Gasteiger charge is -2.24. The van der Waals surface area contributed by atoms with Gasteiger partial charge >= 0.3 is 0 Å². The fourth-order valence-corrected chi connectivity index (χ4v) is 2.94. The average molecular weight is 311 g/mol. The molecule has 6 nitrogen and oxygen atoms in total. The number of nitrogens with one attached hydrogen (secondary N) is 3. The van der Waals surface area contributed by atoms with Gasteiger partial charge < -0.3 is 10.6 Å². The maximum atomic E-state index is 12.2. The van der Waals surface area contributed by atoms with Crippen LogP contribution in [0.25, 0.3) is 0 Å². The average Bonchev–Trinajstić information content (AvgIpc) is 2.41. The van der Waals surface area contributed by atoms with E-state index < -0.39 is 10.0 Å². The number of carbonyl (C=O) groups is 1. The van der Waals surface area contributed by atoms with Crippen molar-refractivity contribution in [2.45, 2.75) is 25.8 Å². The lowest BCUT2D eigenvalue weighted by atomic mass is 10.1. The molecule has 0 unspecified atom stereocenters. The summed E-state index contributed by atoms with van der Waals surface area (Å²) in [5.74, 6) is -0.180. The van der Waals surface area contributed by atoms with E-state index in [4.69, 9.17) is 0 Å². The summed E-state index contributed by atoms with van der Waals surface area (Å²) in [5, 5.41) is 6.20. The molecule has 1 aromatic rings. The Hall–Kier alpha value is -1.60. The Balaban J connectivity index is 2.12. The molecule has 2 rings (SSSR count). The van der Waals surface area contributed by atoms with Gasteiger partial charge in [0.1, 0.15) is 0 Å². The fraction of sp³-hybridized carbons (Fsp3) is 0.500. The van der Waals surface area contributed by atoms with E-state index in [1.807, 2.05) is 0 Å². The number of amides is 1. The second-order valence-electron chi connectivity index (χ2n) is 5.42. The predicted molar refractivity (Wildman–Crippen MR) is 83.0 cm³/mol. The van der Waals surface area contributed by atoms with Crippen LogP contribution in [0.4, 0.5) is 5.69 Å². The lowest BCUT2D eigenvalue weighted by molar-refractivity contribution is 0.0930. The molecule has 7 heteroatoms. The summed E-state index contributed by atoms with van der Waals surface area (Å²) in [6, 6.07) is 5.14. The Kier molecular flexibility index (Phi) is 4.84. The second kappa shape index (κ2) is 6.44. The quantitative estimate of drug-likeness (QED) is 0.769. The van der Waals surface area contributed by atoms with E-state index in [0.717, 1.165) is 37.8 Å². The topological polar surface area (TPSA) is 87.3 Å². The Morgan fingerprint density at radius 3 is 2.76 bits per heavy atom. The summed E-state index contributed by atoms with van der Waals surface area (Å²) in [6.07, 6.45) is 3.09. The smallest absolute Gasteiger partial charge is 0.251 e. The van der Waals surface area contributed by atoms with Gasteiger partial charge in [0.15, 0.2) is 0 Å². The lowest BCUT2D eigenvalue weighted by Crippen LogP contribution is -2.45. The number of piperidine rings is 1. The summed E-state index contributed by atoms with van der Waals surface area (Å²) in [6.45, 7) is 3.55. The number of rotatable bonds is 4. The minimum absolute atomic E-state index is 0.124. The fourth-order valence-electron chi connectivity index (χ4n) is 2.32. The van der Waals surface area contributed by atoms with Gasteiger partial charge in [-0.3, -0.25) is 9.52 Å². The standard InChI is InChI=1S/C14H21N3O3S/c1-10-5-6-11(8-13(10)17-21(2,19)20)14(18)16-12-4-3-7-15-9-12/h5-6,8,12,15,17H,3-4,7,9H2,1-2H3,(H,16,18)/t12-/m0/s1. The minimum Gasteiger partial charge on any atom is -0.348 e. The molecule has 0 spiro atoms. The van der Waals surface area contributed by atoms with Crippen LogP contribution in [0.5, 0.6) is 0 Å². The molecular weight excluding hydrogens is 290 g/mol. The normalized spacial score (nSPS) is 19.0. The van der Waals surface area contributed by atoms with E-state index in [9.17, 15) is 13.2 Å². The summed E-state index contributed by atoms with van der Waals surface area (Å²) in [5.41, 5.74) is 1.67. The zero-order valence-electron chi connectivity index (χ0n) is 12.3. The van der Waals surface area contributed by atoms with E-state index in [1.54, 1.807) is 25.1 Å². The van der Waals surface area contributed by atoms with Crippen molar-refractivity contribution in [3.63, 3.8) is 0 Å². The van der Waals surface area contributed by atoms with Gasteiger partial charge in [0.2, 0.25) is 10.0 Å². The molecule has 1 aromatic carbocycles. The first-order valence-electron chi connectivity index (χ1n) is 6.95. The van der Waals surface area contributed by atoms with Crippen molar-refractivity contribution >= 4 is 21.6 Å². The van der Waals surface area contributed by atoms with Crippen LogP contribution in [0, 0.1) is 6.92 Å². The Labute approximate surface area is 125 Å². The van der Waals surface area contributed by atoms with Crippen LogP contribution in [0.15, 0.2) is 18.2 Å². The van der Waals surface area contributed by atoms with Gasteiger partial charge in [0.05, 0.1) is 11.9 Å². The molecule has 116 valence electrons. The largest absolute Gasteiger partial charge is 0.348 e. The molecule has 1 fully saturated rings. The molecule has 1 aliphatic heterocycles. The highest BCUT2D eigenvalue weighted by Crippen LogP contribution is 2.18. The summed E-state index contributed by atoms with van der Waals surface area (Å²) < 4.78 is 25.1. The van der Waals surface area contributed by atoms with E-state index in [2.05, 4.69) is 15.4 Å². The third-order valence-corrected chi connectivity index (χ3v) is 4.02. The Bertz CT molecular complexity index is 622. The zero-order valence-corrected chi connectivity index (χ0v) is 13.1. The SMILES string of the molecule is Cc1ccc(C(=O)N[C@H]2CCCNC2)cc1NS(C)(=O)=O. The molecule has 0 radical (unpaired) electrons. The summed E-state index contributed by atoms with van der Waals surface area (Å²) in [7, 11) is -3.36. The van der Waals surface area contributed by atoms with Crippen molar-refractivity contribution in [3.05, 3.63) is 29.3 Å². The first kappa shape index (κ1) is 15.8. The van der Waals surface area contributed by atoms with Crippen molar-refractivity contribution in [1.82, 2.24) is 10.6 Å². The maximum absolute atomic E-state index is 12.2. The van der Waals surface area contributed by atoms with Crippen LogP contribution in [0.3, 0.4) is 0 Å². The van der Waals surface area contributed by atoms with Gasteiger partial charge in [-0.25, -0.2) is 8.42 Å². The highest BCUT2D eigenvalue weighted by Gasteiger charge is 2.17. The van der Waals surface area contributed by atoms with Crippen molar-refractivity contribution in [2.24, 2.45) is 0 Å². The number of hydrogen-bond acceptors (Lipinski definition) is 4. The molecular formula is C14H21N3O3S. The van der Waals surface area contributed by atoms with Crippen LogP contribution >= 0.6 is 0 Å². The maximum Gasteiger partial charge on any atom is 0.251 e. The van der Waals surface area contributed by atoms with Gasteiger partial charge in [-0.15, -0.1) is 0 Å². The third kappa shape index (κ3) is 4.71. The zero-order chi connectivity index (χ0) is 15.5. The molecule has 21 heavy (non-hydrogen) atoms. The number of sulfonamides is 1. The van der Waals surface area contributed by atoms with E-state index in [0.29, 0.717) is 11.3 Å². The highest BCUT2D eigenvalue weighted by atomic mass is 32.2. The van der Waals surface area contributed by atoms with E-state index in [-0.39, 0.29) is 11.9 Å². The van der Waals surface area contributed by atoms with Gasteiger partial charge in [-0.2, -0.15) is 0 Å². The highest BCUT2D eigenvalue weighted by molar-refractivity contribution is 7.92. The molecule has 1 aliphatic rings. The first-order chi connectivity index (χ1) is 9.85. The third-order valence-electron chi connectivity index (χ3n) is 3.43. The van der Waals surface area contributed by atoms with Crippen LogP contribution in [-0.4, -0.2) is 39.7 Å². The van der Waals surface area contributed by atoms with E-state index >= 15 is 0 Å². The van der Waals surface area contributed by atoms with Crippen molar-refractivity contribution < 1.29 is 13.2 Å². The van der Waals surface area contributed by atoms with Crippen LogP contribution < -0.4 is 15.4 Å². The molecule has 1 heterocycles.